The van der Waals surface area contributed by atoms with Crippen LogP contribution in [0.3, 0.4) is 0 Å². The molecule has 4 heteroatoms. The van der Waals surface area contributed by atoms with E-state index in [0.717, 1.165) is 62.0 Å². The molecule has 0 aliphatic heterocycles. The van der Waals surface area contributed by atoms with Gasteiger partial charge in [0, 0.05) is 78.5 Å². The van der Waals surface area contributed by atoms with Gasteiger partial charge in [0.15, 0.2) is 0 Å². The third kappa shape index (κ3) is 16.2. The first-order valence-electron chi connectivity index (χ1n) is 52.6. The van der Waals surface area contributed by atoms with Gasteiger partial charge in [-0.1, -0.05) is 406 Å². The van der Waals surface area contributed by atoms with Crippen molar-refractivity contribution in [2.45, 2.75) is 133 Å². The van der Waals surface area contributed by atoms with Crippen LogP contribution in [0.25, 0.3) is 153 Å². The standard InChI is InChI=1S/C52H43N.C46H39N.C43H33NO/c1-52(2)48-18-10-9-17-46(48)47-34-44(30-31-49(47)52)53(43-28-25-39(26-29-43)38-21-19-37(20-22-38)35-11-3-4-12-35)50-32-27-40-14-7-8-16-45(40)51(50)42-24-23-36-13-5-6-15-41(36)33-42;1-46(2)42-18-10-9-17-40(42)41-27-26-38(30-43(41)46)47(37-24-21-33(22-25-37)31-11-3-4-12-31)44-28-23-34-14-7-8-16-39(34)45(44)36-20-19-32-13-5-6-15-35(32)29-36;1-2-10-29(9-1)31-19-22-35(23-20-31)44(36-24-25-39-38-15-7-8-16-41(38)45-42(39)28-36)40-26-21-32-12-5-6-14-37(32)43(40)34-18-17-30-11-3-4-13-33(30)27-34/h5-10,13-35H,3-4,11-12H2,1-2H3;5-10,13-31H,3-4,11-12H2,1-2H3;3-8,11-29H,1-2,9-10H2. The molecule has 0 bridgehead atoms. The predicted molar refractivity (Wildman–Crippen MR) is 616 cm³/mol. The molecule has 23 aromatic rings. The van der Waals surface area contributed by atoms with Crippen LogP contribution in [0.2, 0.25) is 0 Å². The van der Waals surface area contributed by atoms with E-state index in [0.29, 0.717) is 11.8 Å². The maximum absolute atomic E-state index is 6.41. The number of nitrogens with zero attached hydrogens (tertiary/aromatic N) is 3. The van der Waals surface area contributed by atoms with Gasteiger partial charge in [-0.05, 0) is 325 Å². The van der Waals surface area contributed by atoms with Crippen LogP contribution < -0.4 is 14.7 Å². The molecule has 0 amide bonds. The molecule has 0 N–H and O–H groups in total. The van der Waals surface area contributed by atoms with Crippen molar-refractivity contribution in [3.63, 3.8) is 0 Å². The zero-order valence-electron chi connectivity index (χ0n) is 82.8. The molecule has 5 aliphatic rings. The second-order valence-corrected chi connectivity index (χ2v) is 42.1. The lowest BCUT2D eigenvalue weighted by Gasteiger charge is -2.30. The molecule has 0 unspecified atom stereocenters. The normalized spacial score (nSPS) is 14.6. The first-order valence-corrected chi connectivity index (χ1v) is 52.6. The van der Waals surface area contributed by atoms with Crippen molar-refractivity contribution >= 4 is 138 Å². The Kier molecular flexibility index (Phi) is 22.7. The van der Waals surface area contributed by atoms with Crippen LogP contribution in [0.15, 0.2) is 465 Å². The van der Waals surface area contributed by atoms with E-state index >= 15 is 0 Å². The molecule has 1 aromatic heterocycles. The molecule has 3 fully saturated rings. The third-order valence-corrected chi connectivity index (χ3v) is 33.0. The Bertz CT molecular complexity index is 8910. The van der Waals surface area contributed by atoms with E-state index in [9.17, 15) is 0 Å². The van der Waals surface area contributed by atoms with Crippen molar-refractivity contribution in [2.24, 2.45) is 0 Å². The van der Waals surface area contributed by atoms with Crippen LogP contribution in [0, 0.1) is 0 Å². The van der Waals surface area contributed by atoms with E-state index in [1.807, 2.05) is 6.07 Å². The van der Waals surface area contributed by atoms with Crippen molar-refractivity contribution in [1.29, 1.82) is 0 Å². The Labute approximate surface area is 850 Å². The summed E-state index contributed by atoms with van der Waals surface area (Å²) in [5, 5.41) is 17.3. The average Bonchev–Trinajstić information content (AvgIpc) is 1.60. The number of anilines is 9. The van der Waals surface area contributed by atoms with Gasteiger partial charge >= 0.3 is 0 Å². The molecular weight excluding hydrogens is 1750 g/mol. The van der Waals surface area contributed by atoms with Gasteiger partial charge in [0.1, 0.15) is 11.2 Å². The number of fused-ring (bicyclic) bond motifs is 15. The second-order valence-electron chi connectivity index (χ2n) is 42.1. The largest absolute Gasteiger partial charge is 0.456 e. The van der Waals surface area contributed by atoms with Gasteiger partial charge in [-0.25, -0.2) is 0 Å². The number of para-hydroxylation sites is 1. The fourth-order valence-electron chi connectivity index (χ4n) is 25.4. The molecule has 0 spiro atoms. The van der Waals surface area contributed by atoms with E-state index in [2.05, 4.69) is 497 Å². The summed E-state index contributed by atoms with van der Waals surface area (Å²) in [6.07, 6.45) is 15.9. The van der Waals surface area contributed by atoms with Crippen LogP contribution in [0.4, 0.5) is 51.2 Å². The maximum atomic E-state index is 6.41. The molecule has 4 nitrogen and oxygen atoms in total. The molecule has 5 aliphatic carbocycles. The number of hydrogen-bond acceptors (Lipinski definition) is 4. The first-order chi connectivity index (χ1) is 71.4. The van der Waals surface area contributed by atoms with Crippen LogP contribution in [-0.4, -0.2) is 0 Å². The highest BCUT2D eigenvalue weighted by Gasteiger charge is 2.39. The highest BCUT2D eigenvalue weighted by molar-refractivity contribution is 6.12. The summed E-state index contributed by atoms with van der Waals surface area (Å²) in [6.45, 7) is 9.46. The lowest BCUT2D eigenvalue weighted by Crippen LogP contribution is -2.17. The predicted octanol–water partition coefficient (Wildman–Crippen LogP) is 40.5. The molecule has 0 saturated heterocycles. The highest BCUT2D eigenvalue weighted by Crippen LogP contribution is 2.57. The summed E-state index contributed by atoms with van der Waals surface area (Å²) in [5.74, 6) is 2.09. The number of rotatable bonds is 16. The van der Waals surface area contributed by atoms with Crippen molar-refractivity contribution < 1.29 is 4.42 Å². The smallest absolute Gasteiger partial charge is 0.137 e. The number of hydrogen-bond donors (Lipinski definition) is 0. The summed E-state index contributed by atoms with van der Waals surface area (Å²) < 4.78 is 6.41. The molecule has 28 rings (SSSR count). The van der Waals surface area contributed by atoms with Crippen LogP contribution in [-0.2, 0) is 10.8 Å². The monoisotopic (exact) mass is 1870 g/mol. The SMILES string of the molecule is CC1(C)c2ccccc2-c2cc(N(c3ccc(-c4ccc(C5CCCC5)cc4)cc3)c3ccc4ccccc4c3-c3ccc4ccccc4c3)ccc21.CC1(C)c2ccccc2-c2ccc(N(c3ccc(C4CCCC4)cc3)c3ccc4ccccc4c3-c3ccc4ccccc4c3)cc21.c1ccc2cc(-c3c(N(c4ccc(C5CCCC5)cc4)c4ccc5c(c4)oc4ccccc45)ccc4ccccc34)ccc2c1. The Morgan fingerprint density at radius 3 is 0.924 bits per heavy atom. The van der Waals surface area contributed by atoms with Crippen molar-refractivity contribution in [1.82, 2.24) is 0 Å². The van der Waals surface area contributed by atoms with E-state index in [1.54, 1.807) is 0 Å². The summed E-state index contributed by atoms with van der Waals surface area (Å²) in [5.41, 5.74) is 37.3. The Balaban J connectivity index is 0.000000111. The van der Waals surface area contributed by atoms with Gasteiger partial charge in [0.05, 0.1) is 17.1 Å². The Hall–Kier alpha value is -16.4. The highest BCUT2D eigenvalue weighted by atomic mass is 16.3. The first kappa shape index (κ1) is 88.7. The minimum atomic E-state index is -0.0789. The van der Waals surface area contributed by atoms with Gasteiger partial charge in [0.25, 0.3) is 0 Å². The lowest BCUT2D eigenvalue weighted by atomic mass is 9.82. The zero-order valence-corrected chi connectivity index (χ0v) is 82.8. The number of benzene rings is 22. The fraction of sp³-hybridized carbons (Fsp3) is 0.149. The van der Waals surface area contributed by atoms with Gasteiger partial charge in [-0.3, -0.25) is 0 Å². The van der Waals surface area contributed by atoms with E-state index < -0.39 is 0 Å². The second kappa shape index (κ2) is 37.2. The van der Waals surface area contributed by atoms with Crippen molar-refractivity contribution in [3.05, 3.63) is 500 Å². The van der Waals surface area contributed by atoms with Gasteiger partial charge < -0.3 is 19.1 Å². The number of furan rings is 1. The van der Waals surface area contributed by atoms with Crippen LogP contribution >= 0.6 is 0 Å². The van der Waals surface area contributed by atoms with Crippen LogP contribution in [0.5, 0.6) is 0 Å². The molecular formula is C141H115N3O. The van der Waals surface area contributed by atoms with Gasteiger partial charge in [0.2, 0.25) is 0 Å². The van der Waals surface area contributed by atoms with Crippen LogP contribution in [0.1, 0.15) is 161 Å². The zero-order chi connectivity index (χ0) is 96.8. The minimum Gasteiger partial charge on any atom is -0.456 e. The van der Waals surface area contributed by atoms with Crippen molar-refractivity contribution in [3.8, 4) is 66.8 Å². The molecule has 700 valence electrons. The quantitative estimate of drug-likeness (QED) is 0.0962. The molecule has 0 atom stereocenters. The maximum Gasteiger partial charge on any atom is 0.137 e. The summed E-state index contributed by atoms with van der Waals surface area (Å²) >= 11 is 0. The molecule has 145 heavy (non-hydrogen) atoms. The van der Waals surface area contributed by atoms with Crippen molar-refractivity contribution in [2.75, 3.05) is 14.7 Å². The minimum absolute atomic E-state index is 0.0521. The lowest BCUT2D eigenvalue weighted by molar-refractivity contribution is 0.660. The summed E-state index contributed by atoms with van der Waals surface area (Å²) in [4.78, 5) is 7.41. The van der Waals surface area contributed by atoms with E-state index in [1.165, 1.54) is 264 Å². The summed E-state index contributed by atoms with van der Waals surface area (Å²) in [7, 11) is 0. The molecule has 22 aromatic carbocycles. The molecule has 3 saturated carbocycles. The van der Waals surface area contributed by atoms with Gasteiger partial charge in [-0.2, -0.15) is 0 Å². The Morgan fingerprint density at radius 1 is 0.193 bits per heavy atom. The van der Waals surface area contributed by atoms with E-state index in [-0.39, 0.29) is 10.8 Å². The molecule has 1 heterocycles. The summed E-state index contributed by atoms with van der Waals surface area (Å²) in [6, 6.07) is 171. The van der Waals surface area contributed by atoms with E-state index in [4.69, 9.17) is 4.42 Å². The Morgan fingerprint density at radius 2 is 0.483 bits per heavy atom. The average molecular weight is 1870 g/mol. The van der Waals surface area contributed by atoms with Gasteiger partial charge in [-0.15, -0.1) is 0 Å². The third-order valence-electron chi connectivity index (χ3n) is 33.0. The fourth-order valence-corrected chi connectivity index (χ4v) is 25.4. The topological polar surface area (TPSA) is 22.9 Å². The molecule has 0 radical (unpaired) electrons.